The number of amides is 1. The van der Waals surface area contributed by atoms with Crippen molar-refractivity contribution in [3.8, 4) is 5.75 Å². The first-order chi connectivity index (χ1) is 9.43. The summed E-state index contributed by atoms with van der Waals surface area (Å²) in [5.41, 5.74) is 0.880. The van der Waals surface area contributed by atoms with Crippen molar-refractivity contribution >= 4 is 27.8 Å². The number of rotatable bonds is 5. The molecule has 0 heterocycles. The van der Waals surface area contributed by atoms with Crippen LogP contribution in [0.25, 0.3) is 0 Å². The monoisotopic (exact) mass is 341 g/mol. The Labute approximate surface area is 125 Å². The van der Waals surface area contributed by atoms with E-state index in [1.54, 1.807) is 19.1 Å². The van der Waals surface area contributed by atoms with Crippen LogP contribution in [0.1, 0.15) is 12.0 Å². The zero-order chi connectivity index (χ0) is 14.9. The van der Waals surface area contributed by atoms with Gasteiger partial charge in [-0.3, -0.25) is 9.59 Å². The summed E-state index contributed by atoms with van der Waals surface area (Å²) in [6, 6.07) is 5.59. The fourth-order valence-electron chi connectivity index (χ4n) is 2.23. The van der Waals surface area contributed by atoms with Crippen LogP contribution in [0.2, 0.25) is 0 Å². The van der Waals surface area contributed by atoms with Crippen LogP contribution in [0, 0.1) is 11.8 Å². The number of hydrogen-bond donors (Lipinski definition) is 1. The van der Waals surface area contributed by atoms with Crippen LogP contribution in [-0.2, 0) is 16.1 Å². The molecule has 108 valence electrons. The predicted octanol–water partition coefficient (Wildman–Crippen LogP) is 2.14. The van der Waals surface area contributed by atoms with E-state index >= 15 is 0 Å². The largest absolute Gasteiger partial charge is 0.496 e. The van der Waals surface area contributed by atoms with E-state index in [1.165, 1.54) is 0 Å². The molecule has 1 aromatic carbocycles. The van der Waals surface area contributed by atoms with E-state index in [9.17, 15) is 9.59 Å². The van der Waals surface area contributed by atoms with Crippen molar-refractivity contribution in [2.45, 2.75) is 13.0 Å². The van der Waals surface area contributed by atoms with Gasteiger partial charge >= 0.3 is 5.97 Å². The van der Waals surface area contributed by atoms with Crippen molar-refractivity contribution in [1.82, 2.24) is 4.90 Å². The predicted molar refractivity (Wildman–Crippen MR) is 76.4 cm³/mol. The lowest BCUT2D eigenvalue weighted by atomic mass is 10.2. The fourth-order valence-corrected chi connectivity index (χ4v) is 2.64. The zero-order valence-electron chi connectivity index (χ0n) is 11.3. The summed E-state index contributed by atoms with van der Waals surface area (Å²) in [5.74, 6) is -1.21. The van der Waals surface area contributed by atoms with Gasteiger partial charge in [-0.15, -0.1) is 0 Å². The second kappa shape index (κ2) is 5.83. The van der Waals surface area contributed by atoms with Gasteiger partial charge in [-0.25, -0.2) is 0 Å². The number of carbonyl (C=O) groups is 2. The van der Waals surface area contributed by atoms with Crippen molar-refractivity contribution in [2.75, 3.05) is 14.2 Å². The highest BCUT2D eigenvalue weighted by Crippen LogP contribution is 2.40. The Kier molecular flexibility index (Phi) is 4.32. The summed E-state index contributed by atoms with van der Waals surface area (Å²) in [6.07, 6.45) is 0.439. The van der Waals surface area contributed by atoms with Gasteiger partial charge in [0.05, 0.1) is 18.9 Å². The van der Waals surface area contributed by atoms with E-state index in [2.05, 4.69) is 15.9 Å². The molecule has 1 aliphatic rings. The lowest BCUT2D eigenvalue weighted by Gasteiger charge is -2.19. The minimum absolute atomic E-state index is 0.126. The maximum atomic E-state index is 12.1. The first-order valence-corrected chi connectivity index (χ1v) is 7.03. The van der Waals surface area contributed by atoms with E-state index in [1.807, 2.05) is 18.2 Å². The highest BCUT2D eigenvalue weighted by Gasteiger charge is 2.49. The molecule has 1 saturated carbocycles. The minimum Gasteiger partial charge on any atom is -0.496 e. The van der Waals surface area contributed by atoms with Crippen molar-refractivity contribution < 1.29 is 19.4 Å². The van der Waals surface area contributed by atoms with Crippen LogP contribution >= 0.6 is 15.9 Å². The molecule has 2 atom stereocenters. The SMILES string of the molecule is COc1ccc(Br)cc1CN(C)C(=O)C1CC1C(=O)O. The van der Waals surface area contributed by atoms with E-state index in [-0.39, 0.29) is 11.8 Å². The number of hydrogen-bond acceptors (Lipinski definition) is 3. The van der Waals surface area contributed by atoms with E-state index in [4.69, 9.17) is 9.84 Å². The van der Waals surface area contributed by atoms with Crippen molar-refractivity contribution in [2.24, 2.45) is 11.8 Å². The number of ether oxygens (including phenoxy) is 1. The summed E-state index contributed by atoms with van der Waals surface area (Å²) in [6.45, 7) is 0.393. The van der Waals surface area contributed by atoms with Crippen LogP contribution in [0.4, 0.5) is 0 Å². The van der Waals surface area contributed by atoms with Crippen molar-refractivity contribution in [1.29, 1.82) is 0 Å². The van der Waals surface area contributed by atoms with Crippen LogP contribution in [0.15, 0.2) is 22.7 Å². The third kappa shape index (κ3) is 3.12. The summed E-state index contributed by atoms with van der Waals surface area (Å²) in [4.78, 5) is 24.5. The average Bonchev–Trinajstić information content (AvgIpc) is 3.18. The molecule has 1 aromatic rings. The molecule has 0 radical (unpaired) electrons. The lowest BCUT2D eigenvalue weighted by molar-refractivity contribution is -0.141. The zero-order valence-corrected chi connectivity index (χ0v) is 12.9. The highest BCUT2D eigenvalue weighted by molar-refractivity contribution is 9.10. The van der Waals surface area contributed by atoms with Gasteiger partial charge in [-0.05, 0) is 24.6 Å². The summed E-state index contributed by atoms with van der Waals surface area (Å²) < 4.78 is 6.17. The molecular formula is C14H16BrNO4. The maximum absolute atomic E-state index is 12.1. The molecule has 5 nitrogen and oxygen atoms in total. The Hall–Kier alpha value is -1.56. The number of methoxy groups -OCH3 is 1. The van der Waals surface area contributed by atoms with Crippen LogP contribution in [0.5, 0.6) is 5.75 Å². The number of nitrogens with zero attached hydrogens (tertiary/aromatic N) is 1. The van der Waals surface area contributed by atoms with Gasteiger partial charge in [0.15, 0.2) is 0 Å². The lowest BCUT2D eigenvalue weighted by Crippen LogP contribution is -2.29. The summed E-state index contributed by atoms with van der Waals surface area (Å²) >= 11 is 3.39. The molecule has 0 spiro atoms. The van der Waals surface area contributed by atoms with Gasteiger partial charge in [-0.1, -0.05) is 15.9 Å². The van der Waals surface area contributed by atoms with Crippen molar-refractivity contribution in [3.05, 3.63) is 28.2 Å². The average molecular weight is 342 g/mol. The third-order valence-electron chi connectivity index (χ3n) is 3.45. The van der Waals surface area contributed by atoms with Gasteiger partial charge in [0.2, 0.25) is 5.91 Å². The normalized spacial score (nSPS) is 20.4. The molecule has 20 heavy (non-hydrogen) atoms. The second-order valence-corrected chi connectivity index (χ2v) is 5.85. The Bertz CT molecular complexity index is 546. The third-order valence-corrected chi connectivity index (χ3v) is 3.94. The van der Waals surface area contributed by atoms with Gasteiger partial charge in [0.25, 0.3) is 0 Å². The standard InChI is InChI=1S/C14H16BrNO4/c1-16(13(17)10-6-11(10)14(18)19)7-8-5-9(15)3-4-12(8)20-2/h3-5,10-11H,6-7H2,1-2H3,(H,18,19). The number of carboxylic acids is 1. The quantitative estimate of drug-likeness (QED) is 0.890. The number of carboxylic acid groups (broad SMARTS) is 1. The first-order valence-electron chi connectivity index (χ1n) is 6.24. The second-order valence-electron chi connectivity index (χ2n) is 4.94. The molecule has 1 aliphatic carbocycles. The molecule has 2 unspecified atom stereocenters. The number of halogens is 1. The van der Waals surface area contributed by atoms with Crippen LogP contribution < -0.4 is 4.74 Å². The molecule has 1 N–H and O–H groups in total. The Morgan fingerprint density at radius 2 is 2.15 bits per heavy atom. The van der Waals surface area contributed by atoms with Crippen LogP contribution in [0.3, 0.4) is 0 Å². The molecule has 0 aromatic heterocycles. The Balaban J connectivity index is 2.05. The molecule has 0 aliphatic heterocycles. The molecule has 0 bridgehead atoms. The molecule has 1 amide bonds. The minimum atomic E-state index is -0.892. The van der Waals surface area contributed by atoms with Gasteiger partial charge in [0, 0.05) is 23.6 Å². The van der Waals surface area contributed by atoms with Gasteiger partial charge in [0.1, 0.15) is 5.75 Å². The first kappa shape index (κ1) is 14.8. The van der Waals surface area contributed by atoms with E-state index < -0.39 is 11.9 Å². The van der Waals surface area contributed by atoms with Crippen molar-refractivity contribution in [3.63, 3.8) is 0 Å². The summed E-state index contributed by atoms with van der Waals surface area (Å²) in [7, 11) is 3.26. The molecule has 2 rings (SSSR count). The number of carbonyl (C=O) groups excluding carboxylic acids is 1. The van der Waals surface area contributed by atoms with Gasteiger partial charge in [-0.2, -0.15) is 0 Å². The fraction of sp³-hybridized carbons (Fsp3) is 0.429. The summed E-state index contributed by atoms with van der Waals surface area (Å²) in [5, 5.41) is 8.87. The Morgan fingerprint density at radius 1 is 1.45 bits per heavy atom. The molecule has 0 saturated heterocycles. The van der Waals surface area contributed by atoms with E-state index in [0.29, 0.717) is 18.7 Å². The maximum Gasteiger partial charge on any atom is 0.307 e. The smallest absolute Gasteiger partial charge is 0.307 e. The van der Waals surface area contributed by atoms with E-state index in [0.717, 1.165) is 10.0 Å². The molecule has 6 heteroatoms. The molecule has 1 fully saturated rings. The van der Waals surface area contributed by atoms with Crippen LogP contribution in [-0.4, -0.2) is 36.0 Å². The number of benzene rings is 1. The Morgan fingerprint density at radius 3 is 2.70 bits per heavy atom. The topological polar surface area (TPSA) is 66.8 Å². The van der Waals surface area contributed by atoms with Gasteiger partial charge < -0.3 is 14.7 Å². The number of aliphatic carboxylic acids is 1. The highest BCUT2D eigenvalue weighted by atomic mass is 79.9. The molecular weight excluding hydrogens is 326 g/mol.